The average Bonchev–Trinajstić information content (AvgIpc) is 2.17. The predicted molar refractivity (Wildman–Crippen MR) is 59.0 cm³/mol. The molecule has 2 N–H and O–H groups in total. The Labute approximate surface area is 84.4 Å². The first-order chi connectivity index (χ1) is 6.56. The maximum Gasteiger partial charge on any atom is 0.0787 e. The molecule has 1 rings (SSSR count). The van der Waals surface area contributed by atoms with E-state index >= 15 is 0 Å². The van der Waals surface area contributed by atoms with Crippen LogP contribution in [0.25, 0.3) is 0 Å². The van der Waals surface area contributed by atoms with Crippen molar-refractivity contribution >= 4 is 11.4 Å². The van der Waals surface area contributed by atoms with Crippen molar-refractivity contribution in [2.45, 2.75) is 26.3 Å². The van der Waals surface area contributed by atoms with Gasteiger partial charge in [0.05, 0.1) is 11.3 Å². The van der Waals surface area contributed by atoms with Gasteiger partial charge in [-0.25, -0.2) is 0 Å². The number of nitrogens with one attached hydrogen (secondary N) is 1. The Kier molecular flexibility index (Phi) is 3.12. The molecule has 0 aliphatic rings. The number of rotatable bonds is 3. The number of hydrogen-bond donors (Lipinski definition) is 2. The van der Waals surface area contributed by atoms with E-state index in [1.54, 1.807) is 6.92 Å². The molecule has 0 heterocycles. The van der Waals surface area contributed by atoms with Gasteiger partial charge in [0, 0.05) is 5.69 Å². The third kappa shape index (κ3) is 2.49. The average molecular weight is 192 g/mol. The Bertz CT molecular complexity index is 317. The number of oxime groups is 1. The van der Waals surface area contributed by atoms with Gasteiger partial charge in [-0.3, -0.25) is 0 Å². The van der Waals surface area contributed by atoms with Gasteiger partial charge >= 0.3 is 0 Å². The summed E-state index contributed by atoms with van der Waals surface area (Å²) in [5.41, 5.74) is 1.33. The van der Waals surface area contributed by atoms with Gasteiger partial charge in [0.1, 0.15) is 0 Å². The zero-order valence-corrected chi connectivity index (χ0v) is 8.78. The Hall–Kier alpha value is -1.51. The highest BCUT2D eigenvalue weighted by Gasteiger charge is 2.21. The fourth-order valence-electron chi connectivity index (χ4n) is 1.10. The fourth-order valence-corrected chi connectivity index (χ4v) is 1.10. The van der Waals surface area contributed by atoms with Gasteiger partial charge in [0.25, 0.3) is 0 Å². The van der Waals surface area contributed by atoms with Crippen LogP contribution in [0.3, 0.4) is 0 Å². The van der Waals surface area contributed by atoms with Crippen LogP contribution in [0.15, 0.2) is 35.5 Å². The highest BCUT2D eigenvalue weighted by Crippen LogP contribution is 2.15. The first-order valence-corrected chi connectivity index (χ1v) is 4.58. The summed E-state index contributed by atoms with van der Waals surface area (Å²) >= 11 is 0. The molecular formula is C11H16N2O. The van der Waals surface area contributed by atoms with Gasteiger partial charge in [-0.05, 0) is 32.9 Å². The van der Waals surface area contributed by atoms with E-state index in [0.717, 1.165) is 5.69 Å². The van der Waals surface area contributed by atoms with Crippen LogP contribution >= 0.6 is 0 Å². The largest absolute Gasteiger partial charge is 0.411 e. The molecule has 0 amide bonds. The van der Waals surface area contributed by atoms with Crippen molar-refractivity contribution in [3.63, 3.8) is 0 Å². The van der Waals surface area contributed by atoms with Crippen LogP contribution in [0, 0.1) is 0 Å². The summed E-state index contributed by atoms with van der Waals surface area (Å²) < 4.78 is 0. The van der Waals surface area contributed by atoms with Crippen molar-refractivity contribution in [2.75, 3.05) is 5.32 Å². The summed E-state index contributed by atoms with van der Waals surface area (Å²) in [5.74, 6) is 0. The van der Waals surface area contributed by atoms with Gasteiger partial charge in [0.15, 0.2) is 0 Å². The van der Waals surface area contributed by atoms with Gasteiger partial charge in [-0.15, -0.1) is 0 Å². The second kappa shape index (κ2) is 4.13. The van der Waals surface area contributed by atoms with Crippen LogP contribution < -0.4 is 5.32 Å². The Morgan fingerprint density at radius 2 is 1.86 bits per heavy atom. The molecule has 0 aliphatic heterocycles. The zero-order valence-electron chi connectivity index (χ0n) is 8.78. The van der Waals surface area contributed by atoms with E-state index in [1.165, 1.54) is 0 Å². The van der Waals surface area contributed by atoms with Crippen molar-refractivity contribution in [3.05, 3.63) is 30.3 Å². The van der Waals surface area contributed by atoms with Crippen LogP contribution in [0.4, 0.5) is 5.69 Å². The van der Waals surface area contributed by atoms with Crippen molar-refractivity contribution < 1.29 is 5.21 Å². The molecule has 0 radical (unpaired) electrons. The number of anilines is 1. The summed E-state index contributed by atoms with van der Waals surface area (Å²) in [6.07, 6.45) is 0. The highest BCUT2D eigenvalue weighted by atomic mass is 16.4. The molecular weight excluding hydrogens is 176 g/mol. The molecule has 0 bridgehead atoms. The second-order valence-corrected chi connectivity index (χ2v) is 3.80. The minimum Gasteiger partial charge on any atom is -0.411 e. The smallest absolute Gasteiger partial charge is 0.0787 e. The van der Waals surface area contributed by atoms with Crippen molar-refractivity contribution in [1.82, 2.24) is 0 Å². The van der Waals surface area contributed by atoms with Gasteiger partial charge < -0.3 is 10.5 Å². The first kappa shape index (κ1) is 10.6. The number of nitrogens with zero attached hydrogens (tertiary/aromatic N) is 1. The van der Waals surface area contributed by atoms with Crippen LogP contribution in [-0.4, -0.2) is 16.5 Å². The maximum atomic E-state index is 8.70. The number of benzene rings is 1. The quantitative estimate of drug-likeness (QED) is 0.439. The van der Waals surface area contributed by atoms with E-state index < -0.39 is 0 Å². The number of hydrogen-bond acceptors (Lipinski definition) is 3. The predicted octanol–water partition coefficient (Wildman–Crippen LogP) is 2.73. The topological polar surface area (TPSA) is 44.6 Å². The third-order valence-corrected chi connectivity index (χ3v) is 2.29. The summed E-state index contributed by atoms with van der Waals surface area (Å²) in [7, 11) is 0. The van der Waals surface area contributed by atoms with E-state index in [1.807, 2.05) is 44.2 Å². The Morgan fingerprint density at radius 1 is 1.29 bits per heavy atom. The summed E-state index contributed by atoms with van der Waals surface area (Å²) in [6, 6.07) is 9.84. The van der Waals surface area contributed by atoms with Gasteiger partial charge in [-0.1, -0.05) is 23.4 Å². The Balaban J connectivity index is 2.79. The lowest BCUT2D eigenvalue weighted by Crippen LogP contribution is -2.38. The van der Waals surface area contributed by atoms with Gasteiger partial charge in [-0.2, -0.15) is 0 Å². The molecule has 1 aromatic carbocycles. The molecule has 0 unspecified atom stereocenters. The molecule has 1 aromatic rings. The molecule has 0 fully saturated rings. The summed E-state index contributed by atoms with van der Waals surface area (Å²) in [4.78, 5) is 0. The van der Waals surface area contributed by atoms with Crippen molar-refractivity contribution in [2.24, 2.45) is 5.16 Å². The standard InChI is InChI=1S/C11H16N2O/c1-9(13-14)11(2,3)12-10-7-5-4-6-8-10/h4-8,12,14H,1-3H3/b13-9+. The van der Waals surface area contributed by atoms with Crippen LogP contribution in [0.1, 0.15) is 20.8 Å². The molecule has 0 spiro atoms. The molecule has 76 valence electrons. The first-order valence-electron chi connectivity index (χ1n) is 4.58. The lowest BCUT2D eigenvalue weighted by Gasteiger charge is -2.26. The van der Waals surface area contributed by atoms with Crippen molar-refractivity contribution in [3.8, 4) is 0 Å². The van der Waals surface area contributed by atoms with Crippen molar-refractivity contribution in [1.29, 1.82) is 0 Å². The van der Waals surface area contributed by atoms with Gasteiger partial charge in [0.2, 0.25) is 0 Å². The minimum absolute atomic E-state index is 0.337. The monoisotopic (exact) mass is 192 g/mol. The molecule has 0 atom stereocenters. The maximum absolute atomic E-state index is 8.70. The normalized spacial score (nSPS) is 12.6. The second-order valence-electron chi connectivity index (χ2n) is 3.80. The molecule has 0 saturated heterocycles. The summed E-state index contributed by atoms with van der Waals surface area (Å²) in [5, 5.41) is 15.2. The van der Waals surface area contributed by atoms with Crippen LogP contribution in [-0.2, 0) is 0 Å². The summed E-state index contributed by atoms with van der Waals surface area (Å²) in [6.45, 7) is 5.72. The lowest BCUT2D eigenvalue weighted by molar-refractivity contribution is 0.314. The molecule has 3 heteroatoms. The molecule has 3 nitrogen and oxygen atoms in total. The number of para-hydroxylation sites is 1. The molecule has 0 saturated carbocycles. The molecule has 14 heavy (non-hydrogen) atoms. The van der Waals surface area contributed by atoms with E-state index in [0.29, 0.717) is 5.71 Å². The highest BCUT2D eigenvalue weighted by molar-refractivity contribution is 5.92. The van der Waals surface area contributed by atoms with E-state index in [4.69, 9.17) is 5.21 Å². The van der Waals surface area contributed by atoms with Crippen LogP contribution in [0.5, 0.6) is 0 Å². The Morgan fingerprint density at radius 3 is 2.36 bits per heavy atom. The zero-order chi connectivity index (χ0) is 10.6. The van der Waals surface area contributed by atoms with E-state index in [2.05, 4.69) is 10.5 Å². The molecule has 0 aliphatic carbocycles. The minimum atomic E-state index is -0.337. The van der Waals surface area contributed by atoms with E-state index in [-0.39, 0.29) is 5.54 Å². The van der Waals surface area contributed by atoms with E-state index in [9.17, 15) is 0 Å². The SMILES string of the molecule is C/C(=N\O)C(C)(C)Nc1ccccc1. The van der Waals surface area contributed by atoms with Crippen LogP contribution in [0.2, 0.25) is 0 Å². The fraction of sp³-hybridized carbons (Fsp3) is 0.364. The lowest BCUT2D eigenvalue weighted by atomic mass is 9.99. The third-order valence-electron chi connectivity index (χ3n) is 2.29. The molecule has 0 aromatic heterocycles.